The van der Waals surface area contributed by atoms with Gasteiger partial charge in [0.25, 0.3) is 0 Å². The van der Waals surface area contributed by atoms with Crippen molar-refractivity contribution in [2.24, 2.45) is 0 Å². The quantitative estimate of drug-likeness (QED) is 0.635. The molecule has 0 saturated carbocycles. The van der Waals surface area contributed by atoms with Gasteiger partial charge in [-0.1, -0.05) is 0 Å². The Hall–Kier alpha value is -1.43. The molecule has 15 heavy (non-hydrogen) atoms. The van der Waals surface area contributed by atoms with Crippen LogP contribution >= 0.6 is 0 Å². The Morgan fingerprint density at radius 2 is 1.93 bits per heavy atom. The van der Waals surface area contributed by atoms with Gasteiger partial charge in [-0.3, -0.25) is 0 Å². The van der Waals surface area contributed by atoms with E-state index in [-0.39, 0.29) is 0 Å². The van der Waals surface area contributed by atoms with Crippen LogP contribution in [-0.4, -0.2) is 38.9 Å². The fourth-order valence-corrected chi connectivity index (χ4v) is 1.71. The summed E-state index contributed by atoms with van der Waals surface area (Å²) in [7, 11) is 2.96. The number of ether oxygens (including phenoxy) is 5. The molecule has 0 N–H and O–H groups in total. The Balaban J connectivity index is 2.30. The number of methoxy groups -OCH3 is 2. The summed E-state index contributed by atoms with van der Waals surface area (Å²) in [6.07, 6.45) is -2.58. The van der Waals surface area contributed by atoms with E-state index in [0.717, 1.165) is 0 Å². The van der Waals surface area contributed by atoms with E-state index >= 15 is 0 Å². The summed E-state index contributed by atoms with van der Waals surface area (Å²) in [4.78, 5) is 11.0. The van der Waals surface area contributed by atoms with E-state index in [0.29, 0.717) is 11.5 Å². The number of fused-ring (bicyclic) bond motifs is 1. The maximum atomic E-state index is 11.0. The highest BCUT2D eigenvalue weighted by Gasteiger charge is 2.50. The summed E-state index contributed by atoms with van der Waals surface area (Å²) in [5.41, 5.74) is 0. The SMILES string of the molecule is COC1=C(C)OC(OC)C2OC(=O)OC12. The molecular formula is C9H12O6. The normalized spacial score (nSPS) is 34.1. The van der Waals surface area contributed by atoms with Crippen LogP contribution in [0.3, 0.4) is 0 Å². The van der Waals surface area contributed by atoms with Gasteiger partial charge >= 0.3 is 6.16 Å². The predicted molar refractivity (Wildman–Crippen MR) is 46.7 cm³/mol. The van der Waals surface area contributed by atoms with Crippen molar-refractivity contribution in [3.63, 3.8) is 0 Å². The Morgan fingerprint density at radius 3 is 2.53 bits per heavy atom. The smallest absolute Gasteiger partial charge is 0.494 e. The van der Waals surface area contributed by atoms with Gasteiger partial charge in [0.15, 0.2) is 5.76 Å². The molecule has 0 aromatic rings. The maximum Gasteiger partial charge on any atom is 0.509 e. The fourth-order valence-electron chi connectivity index (χ4n) is 1.71. The van der Waals surface area contributed by atoms with E-state index in [9.17, 15) is 4.79 Å². The monoisotopic (exact) mass is 216 g/mol. The van der Waals surface area contributed by atoms with Crippen LogP contribution in [0.25, 0.3) is 0 Å². The molecule has 1 fully saturated rings. The molecule has 0 aromatic heterocycles. The van der Waals surface area contributed by atoms with Gasteiger partial charge in [-0.25, -0.2) is 4.79 Å². The van der Waals surface area contributed by atoms with Crippen LogP contribution in [0.15, 0.2) is 11.5 Å². The second kappa shape index (κ2) is 3.62. The van der Waals surface area contributed by atoms with E-state index < -0.39 is 24.7 Å². The summed E-state index contributed by atoms with van der Waals surface area (Å²) in [5.74, 6) is 0.989. The maximum absolute atomic E-state index is 11.0. The standard InChI is InChI=1S/C9H12O6/c1-4-5(11-2)6-7(8(12-3)13-4)15-9(10)14-6/h6-8H,1-3H3. The molecule has 0 amide bonds. The third-order valence-corrected chi connectivity index (χ3v) is 2.37. The number of carbonyl (C=O) groups excluding carboxylic acids is 1. The van der Waals surface area contributed by atoms with Gasteiger partial charge in [0.2, 0.25) is 18.5 Å². The van der Waals surface area contributed by atoms with Gasteiger partial charge in [0, 0.05) is 7.11 Å². The summed E-state index contributed by atoms with van der Waals surface area (Å²) in [6, 6.07) is 0. The van der Waals surface area contributed by atoms with Crippen LogP contribution in [0.4, 0.5) is 4.79 Å². The zero-order valence-corrected chi connectivity index (χ0v) is 8.68. The predicted octanol–water partition coefficient (Wildman–Crippen LogP) is 0.771. The van der Waals surface area contributed by atoms with Crippen LogP contribution in [0, 0.1) is 0 Å². The summed E-state index contributed by atoms with van der Waals surface area (Å²) in [6.45, 7) is 1.72. The first-order valence-corrected chi connectivity index (χ1v) is 4.49. The van der Waals surface area contributed by atoms with E-state index in [1.165, 1.54) is 14.2 Å². The van der Waals surface area contributed by atoms with Gasteiger partial charge in [-0.05, 0) is 6.92 Å². The molecule has 2 heterocycles. The molecule has 2 aliphatic heterocycles. The van der Waals surface area contributed by atoms with E-state index in [1.807, 2.05) is 0 Å². The third-order valence-electron chi connectivity index (χ3n) is 2.37. The lowest BCUT2D eigenvalue weighted by atomic mass is 10.1. The molecule has 0 bridgehead atoms. The fraction of sp³-hybridized carbons (Fsp3) is 0.667. The molecule has 6 heteroatoms. The Bertz CT molecular complexity index is 310. The van der Waals surface area contributed by atoms with Crippen molar-refractivity contribution in [2.75, 3.05) is 14.2 Å². The topological polar surface area (TPSA) is 63.2 Å². The molecule has 0 radical (unpaired) electrons. The minimum absolute atomic E-state index is 0.458. The first-order chi connectivity index (χ1) is 7.17. The first-order valence-electron chi connectivity index (χ1n) is 4.49. The lowest BCUT2D eigenvalue weighted by molar-refractivity contribution is -0.173. The van der Waals surface area contributed by atoms with Crippen molar-refractivity contribution in [3.8, 4) is 0 Å². The molecule has 3 atom stereocenters. The molecule has 0 spiro atoms. The van der Waals surface area contributed by atoms with Crippen LogP contribution < -0.4 is 0 Å². The zero-order valence-electron chi connectivity index (χ0n) is 8.68. The molecule has 3 unspecified atom stereocenters. The zero-order chi connectivity index (χ0) is 11.0. The Kier molecular flexibility index (Phi) is 2.44. The molecule has 0 aromatic carbocycles. The van der Waals surface area contributed by atoms with Crippen LogP contribution in [0.2, 0.25) is 0 Å². The number of carbonyl (C=O) groups is 1. The third kappa shape index (κ3) is 1.50. The molecule has 0 aliphatic carbocycles. The molecular weight excluding hydrogens is 204 g/mol. The molecule has 6 nitrogen and oxygen atoms in total. The van der Waals surface area contributed by atoms with Crippen molar-refractivity contribution in [2.45, 2.75) is 25.4 Å². The van der Waals surface area contributed by atoms with Crippen LogP contribution in [0.5, 0.6) is 0 Å². The summed E-state index contributed by atoms with van der Waals surface area (Å²) >= 11 is 0. The van der Waals surface area contributed by atoms with Crippen molar-refractivity contribution in [1.29, 1.82) is 0 Å². The van der Waals surface area contributed by atoms with Gasteiger partial charge in [0.05, 0.1) is 7.11 Å². The van der Waals surface area contributed by atoms with Gasteiger partial charge < -0.3 is 23.7 Å². The number of hydrogen-bond donors (Lipinski definition) is 0. The minimum Gasteiger partial charge on any atom is -0.494 e. The number of hydrogen-bond acceptors (Lipinski definition) is 6. The molecule has 84 valence electrons. The van der Waals surface area contributed by atoms with Gasteiger partial charge in [-0.15, -0.1) is 0 Å². The van der Waals surface area contributed by atoms with E-state index in [2.05, 4.69) is 0 Å². The molecule has 2 aliphatic rings. The summed E-state index contributed by atoms with van der Waals surface area (Å²) < 4.78 is 25.4. The number of rotatable bonds is 2. The largest absolute Gasteiger partial charge is 0.509 e. The highest BCUT2D eigenvalue weighted by Crippen LogP contribution is 2.33. The van der Waals surface area contributed by atoms with Gasteiger partial charge in [-0.2, -0.15) is 0 Å². The average molecular weight is 216 g/mol. The lowest BCUT2D eigenvalue weighted by Crippen LogP contribution is -2.43. The van der Waals surface area contributed by atoms with Crippen LogP contribution in [0.1, 0.15) is 6.92 Å². The second-order valence-electron chi connectivity index (χ2n) is 3.22. The van der Waals surface area contributed by atoms with Crippen LogP contribution in [-0.2, 0) is 23.7 Å². The molecule has 2 rings (SSSR count). The average Bonchev–Trinajstić information content (AvgIpc) is 2.58. The van der Waals surface area contributed by atoms with Crippen molar-refractivity contribution in [1.82, 2.24) is 0 Å². The highest BCUT2D eigenvalue weighted by molar-refractivity contribution is 5.63. The van der Waals surface area contributed by atoms with Crippen molar-refractivity contribution >= 4 is 6.16 Å². The Labute approximate surface area is 86.7 Å². The summed E-state index contributed by atoms with van der Waals surface area (Å²) in [5, 5.41) is 0. The van der Waals surface area contributed by atoms with E-state index in [1.54, 1.807) is 6.92 Å². The number of allylic oxidation sites excluding steroid dienone is 1. The first kappa shape index (κ1) is 10.1. The Morgan fingerprint density at radius 1 is 1.20 bits per heavy atom. The lowest BCUT2D eigenvalue weighted by Gasteiger charge is -2.31. The molecule has 1 saturated heterocycles. The van der Waals surface area contributed by atoms with Crippen molar-refractivity contribution in [3.05, 3.63) is 11.5 Å². The second-order valence-corrected chi connectivity index (χ2v) is 3.22. The highest BCUT2D eigenvalue weighted by atomic mass is 16.8. The minimum atomic E-state index is -0.736. The van der Waals surface area contributed by atoms with E-state index in [4.69, 9.17) is 23.7 Å². The van der Waals surface area contributed by atoms with Crippen molar-refractivity contribution < 1.29 is 28.5 Å². The van der Waals surface area contributed by atoms with Gasteiger partial charge in [0.1, 0.15) is 5.76 Å².